The highest BCUT2D eigenvalue weighted by Gasteiger charge is 2.36. The smallest absolute Gasteiger partial charge is 0.411 e. The van der Waals surface area contributed by atoms with E-state index in [9.17, 15) is 14.7 Å². The van der Waals surface area contributed by atoms with Gasteiger partial charge in [-0.15, -0.1) is 0 Å². The lowest BCUT2D eigenvalue weighted by molar-refractivity contribution is -0.119. The number of hydrogen-bond acceptors (Lipinski definition) is 3. The highest BCUT2D eigenvalue weighted by atomic mass is 16.4. The van der Waals surface area contributed by atoms with Crippen molar-refractivity contribution in [2.45, 2.75) is 70.4 Å². The summed E-state index contributed by atoms with van der Waals surface area (Å²) in [5, 5.41) is 14.4. The zero-order chi connectivity index (χ0) is 21.5. The molecule has 2 amide bonds. The van der Waals surface area contributed by atoms with Crippen molar-refractivity contribution in [2.24, 2.45) is 5.92 Å². The lowest BCUT2D eigenvalue weighted by atomic mass is 9.93. The van der Waals surface area contributed by atoms with Crippen LogP contribution in [0.1, 0.15) is 64.3 Å². The number of fused-ring (bicyclic) bond motifs is 1. The van der Waals surface area contributed by atoms with Crippen LogP contribution in [0.3, 0.4) is 0 Å². The average Bonchev–Trinajstić information content (AvgIpc) is 3.38. The fourth-order valence-electron chi connectivity index (χ4n) is 5.26. The summed E-state index contributed by atoms with van der Waals surface area (Å²) in [6, 6.07) is 6.07. The molecule has 0 radical (unpaired) electrons. The molecule has 2 fully saturated rings. The van der Waals surface area contributed by atoms with Crippen molar-refractivity contribution in [3.63, 3.8) is 0 Å². The van der Waals surface area contributed by atoms with Gasteiger partial charge in [-0.05, 0) is 62.6 Å². The lowest BCUT2D eigenvalue weighted by Crippen LogP contribution is -2.52. The second-order valence-electron chi connectivity index (χ2n) is 9.36. The topological polar surface area (TPSA) is 78.7 Å². The van der Waals surface area contributed by atoms with Crippen molar-refractivity contribution in [2.75, 3.05) is 16.3 Å². The molecule has 0 unspecified atom stereocenters. The van der Waals surface area contributed by atoms with Crippen LogP contribution >= 0.6 is 0 Å². The van der Waals surface area contributed by atoms with Crippen LogP contribution < -0.4 is 9.80 Å². The van der Waals surface area contributed by atoms with Gasteiger partial charge in [0.2, 0.25) is 5.91 Å². The van der Waals surface area contributed by atoms with E-state index in [1.54, 1.807) is 0 Å². The SMILES string of the molecule is C[C@H]1CN(C(=O)O)c2cc(-c3cnn(C4CCC4)c3)ccc2N1C(=O)CC1CCCC1. The Hall–Kier alpha value is -2.83. The van der Waals surface area contributed by atoms with Crippen LogP contribution in [0, 0.1) is 5.92 Å². The molecule has 1 N–H and O–H groups in total. The van der Waals surface area contributed by atoms with Gasteiger partial charge in [-0.1, -0.05) is 18.9 Å². The van der Waals surface area contributed by atoms with Crippen molar-refractivity contribution in [1.82, 2.24) is 9.78 Å². The van der Waals surface area contributed by atoms with E-state index >= 15 is 0 Å². The molecule has 1 aromatic carbocycles. The summed E-state index contributed by atoms with van der Waals surface area (Å²) in [4.78, 5) is 28.4. The molecule has 7 heteroatoms. The maximum atomic E-state index is 13.2. The van der Waals surface area contributed by atoms with Gasteiger partial charge in [0.15, 0.2) is 0 Å². The molecule has 3 aliphatic rings. The fraction of sp³-hybridized carbons (Fsp3) is 0.542. The minimum atomic E-state index is -0.988. The molecule has 0 bridgehead atoms. The standard InChI is InChI=1S/C24H30N4O3/c1-16-14-26(24(30)31)22-12-18(19-13-25-27(15-19)20-7-4-8-20)9-10-21(22)28(16)23(29)11-17-5-2-3-6-17/h9-10,12-13,15-17,20H,2-8,11,14H2,1H3,(H,30,31)/t16-/m0/s1. The van der Waals surface area contributed by atoms with Gasteiger partial charge in [-0.3, -0.25) is 14.4 Å². The van der Waals surface area contributed by atoms with Crippen LogP contribution in [0.4, 0.5) is 16.2 Å². The summed E-state index contributed by atoms with van der Waals surface area (Å²) >= 11 is 0. The minimum absolute atomic E-state index is 0.108. The summed E-state index contributed by atoms with van der Waals surface area (Å²) in [7, 11) is 0. The highest BCUT2D eigenvalue weighted by Crippen LogP contribution is 2.40. The second-order valence-corrected chi connectivity index (χ2v) is 9.36. The van der Waals surface area contributed by atoms with E-state index in [0.717, 1.165) is 36.8 Å². The Balaban J connectivity index is 1.47. The Morgan fingerprint density at radius 2 is 1.84 bits per heavy atom. The van der Waals surface area contributed by atoms with Gasteiger partial charge in [0.05, 0.1) is 29.7 Å². The zero-order valence-corrected chi connectivity index (χ0v) is 18.0. The third-order valence-corrected chi connectivity index (χ3v) is 7.23. The number of nitrogens with zero attached hydrogens (tertiary/aromatic N) is 4. The van der Waals surface area contributed by atoms with Gasteiger partial charge < -0.3 is 10.0 Å². The Bertz CT molecular complexity index is 990. The monoisotopic (exact) mass is 422 g/mol. The Morgan fingerprint density at radius 3 is 2.52 bits per heavy atom. The predicted octanol–water partition coefficient (Wildman–Crippen LogP) is 5.07. The number of carbonyl (C=O) groups is 2. The zero-order valence-electron chi connectivity index (χ0n) is 18.0. The molecule has 2 aromatic rings. The maximum absolute atomic E-state index is 13.2. The number of aromatic nitrogens is 2. The van der Waals surface area contributed by atoms with E-state index in [1.165, 1.54) is 24.2 Å². The van der Waals surface area contributed by atoms with Gasteiger partial charge in [0.1, 0.15) is 0 Å². The van der Waals surface area contributed by atoms with Gasteiger partial charge in [-0.2, -0.15) is 5.10 Å². The predicted molar refractivity (Wildman–Crippen MR) is 119 cm³/mol. The van der Waals surface area contributed by atoms with Crippen molar-refractivity contribution in [1.29, 1.82) is 0 Å². The molecule has 2 saturated carbocycles. The molecular formula is C24H30N4O3. The van der Waals surface area contributed by atoms with E-state index in [4.69, 9.17) is 0 Å². The van der Waals surface area contributed by atoms with E-state index < -0.39 is 6.09 Å². The van der Waals surface area contributed by atoms with Crippen LogP contribution in [0.2, 0.25) is 0 Å². The van der Waals surface area contributed by atoms with Crippen LogP contribution in [0.25, 0.3) is 11.1 Å². The Morgan fingerprint density at radius 1 is 1.06 bits per heavy atom. The highest BCUT2D eigenvalue weighted by molar-refractivity contribution is 6.03. The first-order chi connectivity index (χ1) is 15.0. The largest absolute Gasteiger partial charge is 0.465 e. The van der Waals surface area contributed by atoms with Crippen molar-refractivity contribution in [3.05, 3.63) is 30.6 Å². The first kappa shape index (κ1) is 20.1. The molecule has 2 aliphatic carbocycles. The summed E-state index contributed by atoms with van der Waals surface area (Å²) in [6.45, 7) is 2.21. The molecule has 1 aliphatic heterocycles. The Labute approximate surface area is 182 Å². The van der Waals surface area contributed by atoms with E-state index in [-0.39, 0.29) is 18.5 Å². The third-order valence-electron chi connectivity index (χ3n) is 7.23. The summed E-state index contributed by atoms with van der Waals surface area (Å²) in [5.41, 5.74) is 3.18. The van der Waals surface area contributed by atoms with Crippen molar-refractivity contribution < 1.29 is 14.7 Å². The van der Waals surface area contributed by atoms with Gasteiger partial charge in [0, 0.05) is 24.7 Å². The van der Waals surface area contributed by atoms with Crippen LogP contribution in [0.5, 0.6) is 0 Å². The molecule has 0 saturated heterocycles. The number of amides is 2. The minimum Gasteiger partial charge on any atom is -0.465 e. The van der Waals surface area contributed by atoms with Crippen LogP contribution in [-0.4, -0.2) is 39.5 Å². The number of rotatable bonds is 4. The molecule has 31 heavy (non-hydrogen) atoms. The van der Waals surface area contributed by atoms with E-state index in [0.29, 0.717) is 29.8 Å². The molecule has 1 aromatic heterocycles. The first-order valence-electron chi connectivity index (χ1n) is 11.5. The van der Waals surface area contributed by atoms with Gasteiger partial charge >= 0.3 is 6.09 Å². The van der Waals surface area contributed by atoms with Crippen molar-refractivity contribution >= 4 is 23.4 Å². The van der Waals surface area contributed by atoms with Crippen molar-refractivity contribution in [3.8, 4) is 11.1 Å². The number of hydrogen-bond donors (Lipinski definition) is 1. The van der Waals surface area contributed by atoms with Gasteiger partial charge in [-0.25, -0.2) is 4.79 Å². The number of carboxylic acid groups (broad SMARTS) is 1. The fourth-order valence-corrected chi connectivity index (χ4v) is 5.26. The molecule has 1 atom stereocenters. The number of carbonyl (C=O) groups excluding carboxylic acids is 1. The summed E-state index contributed by atoms with van der Waals surface area (Å²) in [6.07, 6.45) is 11.7. The lowest BCUT2D eigenvalue weighted by Gasteiger charge is -2.40. The molecule has 164 valence electrons. The third kappa shape index (κ3) is 3.70. The quantitative estimate of drug-likeness (QED) is 0.746. The molecule has 5 rings (SSSR count). The molecule has 7 nitrogen and oxygen atoms in total. The van der Waals surface area contributed by atoms with Crippen LogP contribution in [0.15, 0.2) is 30.6 Å². The van der Waals surface area contributed by atoms with Crippen LogP contribution in [-0.2, 0) is 4.79 Å². The number of anilines is 2. The molecule has 2 heterocycles. The maximum Gasteiger partial charge on any atom is 0.411 e. The van der Waals surface area contributed by atoms with Gasteiger partial charge in [0.25, 0.3) is 0 Å². The van der Waals surface area contributed by atoms with E-state index in [2.05, 4.69) is 5.10 Å². The summed E-state index contributed by atoms with van der Waals surface area (Å²) in [5.74, 6) is 0.563. The normalized spacial score (nSPS) is 21.8. The summed E-state index contributed by atoms with van der Waals surface area (Å²) < 4.78 is 2.02. The molecule has 0 spiro atoms. The Kier molecular flexibility index (Phi) is 5.20. The second kappa shape index (κ2) is 8.02. The molecular weight excluding hydrogens is 392 g/mol. The average molecular weight is 423 g/mol. The first-order valence-corrected chi connectivity index (χ1v) is 11.5. The number of benzene rings is 1. The van der Waals surface area contributed by atoms with E-state index in [1.807, 2.05) is 47.1 Å².